The van der Waals surface area contributed by atoms with E-state index in [-0.39, 0.29) is 0 Å². The predicted molar refractivity (Wildman–Crippen MR) is 175 cm³/mol. The lowest BCUT2D eigenvalue weighted by Crippen LogP contribution is -2.54. The molecule has 4 heterocycles. The largest absolute Gasteiger partial charge is 0.379 e. The Bertz CT molecular complexity index is 1720. The van der Waals surface area contributed by atoms with E-state index < -0.39 is 6.17 Å². The maximum absolute atomic E-state index is 6.80. The summed E-state index contributed by atoms with van der Waals surface area (Å²) in [6, 6.07) is 16.7. The fraction of sp³-hybridized carbons (Fsp3) is 0.375. The van der Waals surface area contributed by atoms with E-state index in [9.17, 15) is 0 Å². The molecule has 11 heteroatoms. The Labute approximate surface area is 252 Å². The van der Waals surface area contributed by atoms with Gasteiger partial charge in [0.05, 0.1) is 30.9 Å². The lowest BCUT2D eigenvalue weighted by Gasteiger charge is -2.34. The Kier molecular flexibility index (Phi) is 7.87. The zero-order valence-corrected chi connectivity index (χ0v) is 25.8. The summed E-state index contributed by atoms with van der Waals surface area (Å²) in [4.78, 5) is 26.1. The molecule has 1 unspecified atom stereocenters. The van der Waals surface area contributed by atoms with Crippen LogP contribution in [0.25, 0.3) is 21.8 Å². The van der Waals surface area contributed by atoms with Crippen LogP contribution in [-0.2, 0) is 4.74 Å². The molecule has 43 heavy (non-hydrogen) atoms. The third kappa shape index (κ3) is 5.83. The van der Waals surface area contributed by atoms with Crippen LogP contribution in [0.5, 0.6) is 0 Å². The maximum atomic E-state index is 6.80. The predicted octanol–water partition coefficient (Wildman–Crippen LogP) is 3.40. The number of aliphatic imine (C=N–C) groups is 2. The van der Waals surface area contributed by atoms with Crippen LogP contribution in [0.1, 0.15) is 28.7 Å². The van der Waals surface area contributed by atoms with Gasteiger partial charge < -0.3 is 19.9 Å². The van der Waals surface area contributed by atoms with E-state index in [0.29, 0.717) is 31.7 Å². The number of benzene rings is 2. The van der Waals surface area contributed by atoms with Gasteiger partial charge in [0, 0.05) is 80.4 Å². The molecule has 0 amide bonds. The average molecular weight is 581 g/mol. The zero-order valence-electron chi connectivity index (χ0n) is 25.8. The molecular weight excluding hydrogens is 540 g/mol. The van der Waals surface area contributed by atoms with Gasteiger partial charge in [-0.25, -0.2) is 15.8 Å². The van der Waals surface area contributed by atoms with Crippen LogP contribution in [0.4, 0.5) is 11.4 Å². The first-order valence-corrected chi connectivity index (χ1v) is 14.6. The minimum atomic E-state index is -0.499. The van der Waals surface area contributed by atoms with Crippen LogP contribution in [0.15, 0.2) is 58.5 Å². The molecule has 11 nitrogen and oxygen atoms in total. The molecule has 0 radical (unpaired) electrons. The first kappa shape index (κ1) is 28.8. The molecule has 1 atom stereocenters. The Morgan fingerprint density at radius 1 is 0.884 bits per heavy atom. The number of morpholine rings is 1. The van der Waals surface area contributed by atoms with E-state index in [1.807, 2.05) is 48.1 Å². The van der Waals surface area contributed by atoms with Crippen LogP contribution in [0.2, 0.25) is 0 Å². The highest BCUT2D eigenvalue weighted by Gasteiger charge is 2.29. The summed E-state index contributed by atoms with van der Waals surface area (Å²) in [5.41, 5.74) is 7.92. The van der Waals surface area contributed by atoms with Gasteiger partial charge >= 0.3 is 0 Å². The number of hydrazine groups is 1. The molecule has 0 bridgehead atoms. The lowest BCUT2D eigenvalue weighted by atomic mass is 10.0. The molecule has 0 spiro atoms. The van der Waals surface area contributed by atoms with Gasteiger partial charge in [-0.05, 0) is 61.9 Å². The number of guanidine groups is 1. The van der Waals surface area contributed by atoms with Gasteiger partial charge in [-0.2, -0.15) is 0 Å². The van der Waals surface area contributed by atoms with Gasteiger partial charge in [0.15, 0.2) is 6.17 Å². The molecule has 1 saturated heterocycles. The number of hydrogen-bond acceptors (Lipinski definition) is 9. The van der Waals surface area contributed by atoms with Crippen LogP contribution >= 0.6 is 0 Å². The van der Waals surface area contributed by atoms with E-state index >= 15 is 0 Å². The zero-order chi connectivity index (χ0) is 30.2. The highest BCUT2D eigenvalue weighted by atomic mass is 16.5. The summed E-state index contributed by atoms with van der Waals surface area (Å²) in [7, 11) is 8.19. The number of rotatable bonds is 6. The number of pyridine rings is 2. The smallest absolute Gasteiger partial charge is 0.217 e. The highest BCUT2D eigenvalue weighted by molar-refractivity contribution is 6.12. The number of nitrogens with one attached hydrogen (secondary N) is 1. The third-order valence-electron chi connectivity index (χ3n) is 7.90. The molecule has 6 rings (SSSR count). The number of nitrogens with zero attached hydrogens (tertiary/aromatic N) is 8. The van der Waals surface area contributed by atoms with Crippen molar-refractivity contribution in [1.82, 2.24) is 25.2 Å². The van der Waals surface area contributed by atoms with Crippen molar-refractivity contribution >= 4 is 45.0 Å². The lowest BCUT2D eigenvalue weighted by molar-refractivity contribution is 0.0392. The Balaban J connectivity index is 1.46. The number of amidine groups is 1. The molecule has 0 saturated carbocycles. The summed E-state index contributed by atoms with van der Waals surface area (Å²) in [5.74, 6) is 8.06. The fourth-order valence-corrected chi connectivity index (χ4v) is 5.65. The van der Waals surface area contributed by atoms with Gasteiger partial charge in [-0.15, -0.1) is 0 Å². The van der Waals surface area contributed by atoms with Crippen LogP contribution in [0, 0.1) is 13.8 Å². The summed E-state index contributed by atoms with van der Waals surface area (Å²) in [5, 5.41) is 7.17. The number of hydrogen-bond donors (Lipinski definition) is 2. The second-order valence-electron chi connectivity index (χ2n) is 11.6. The standard InChI is InChI=1S/C32H40N10O/c1-20-15-28(39(3)4)24-17-22(7-9-26(24)35-20)30-37-31(42(33)32(38-30)34-19-41-11-13-43-14-12-41)23-8-10-27-25(18-23)29(40(5)6)16-21(2)36-27/h7-10,15-18,31H,11-14,19,33H2,1-6H3,(H,34,37,38). The SMILES string of the molecule is Cc1cc(N(C)C)c2cc(C3=NC(c4ccc5nc(C)cc(N(C)C)c5c4)N(N)C(=NCN4CCOCC4)N3)ccc2n1. The van der Waals surface area contributed by atoms with Crippen molar-refractivity contribution in [3.05, 3.63) is 71.0 Å². The van der Waals surface area contributed by atoms with Gasteiger partial charge in [-0.1, -0.05) is 6.07 Å². The second kappa shape index (κ2) is 11.8. The van der Waals surface area contributed by atoms with Gasteiger partial charge in [0.25, 0.3) is 0 Å². The molecule has 2 aliphatic heterocycles. The molecule has 2 aliphatic rings. The van der Waals surface area contributed by atoms with Crippen molar-refractivity contribution in [2.45, 2.75) is 20.0 Å². The van der Waals surface area contributed by atoms with Crippen LogP contribution in [0.3, 0.4) is 0 Å². The molecule has 2 aromatic carbocycles. The summed E-state index contributed by atoms with van der Waals surface area (Å²) >= 11 is 0. The minimum absolute atomic E-state index is 0.499. The van der Waals surface area contributed by atoms with E-state index in [1.165, 1.54) is 0 Å². The van der Waals surface area contributed by atoms with E-state index in [4.69, 9.17) is 30.5 Å². The van der Waals surface area contributed by atoms with Crippen LogP contribution in [-0.4, -0.2) is 92.8 Å². The minimum Gasteiger partial charge on any atom is -0.379 e. The number of nitrogens with two attached hydrogens (primary N) is 1. The number of anilines is 2. The van der Waals surface area contributed by atoms with E-state index in [1.54, 1.807) is 5.01 Å². The van der Waals surface area contributed by atoms with Gasteiger partial charge in [0.2, 0.25) is 5.96 Å². The normalized spacial score (nSPS) is 18.7. The number of aromatic nitrogens is 2. The first-order chi connectivity index (χ1) is 20.7. The molecule has 3 N–H and O–H groups in total. The average Bonchev–Trinajstić information content (AvgIpc) is 2.99. The van der Waals surface area contributed by atoms with Crippen LogP contribution < -0.4 is 21.0 Å². The second-order valence-corrected chi connectivity index (χ2v) is 11.6. The quantitative estimate of drug-likeness (QED) is 0.332. The molecule has 224 valence electrons. The van der Waals surface area contributed by atoms with Crippen molar-refractivity contribution in [2.24, 2.45) is 15.8 Å². The summed E-state index contributed by atoms with van der Waals surface area (Å²) in [6.07, 6.45) is -0.499. The molecule has 2 aromatic heterocycles. The monoisotopic (exact) mass is 580 g/mol. The van der Waals surface area contributed by atoms with Gasteiger partial charge in [0.1, 0.15) is 5.84 Å². The van der Waals surface area contributed by atoms with E-state index in [2.05, 4.69) is 62.5 Å². The summed E-state index contributed by atoms with van der Waals surface area (Å²) < 4.78 is 5.52. The first-order valence-electron chi connectivity index (χ1n) is 14.6. The number of ether oxygens (including phenoxy) is 1. The number of aryl methyl sites for hydroxylation is 2. The molecule has 0 aliphatic carbocycles. The fourth-order valence-electron chi connectivity index (χ4n) is 5.65. The summed E-state index contributed by atoms with van der Waals surface area (Å²) in [6.45, 7) is 7.63. The van der Waals surface area contributed by atoms with Crippen molar-refractivity contribution in [2.75, 3.05) is 71.0 Å². The molecule has 1 fully saturated rings. The Morgan fingerprint density at radius 2 is 1.49 bits per heavy atom. The van der Waals surface area contributed by atoms with Crippen molar-refractivity contribution in [3.63, 3.8) is 0 Å². The number of fused-ring (bicyclic) bond motifs is 2. The molecule has 4 aromatic rings. The van der Waals surface area contributed by atoms with Crippen molar-refractivity contribution in [3.8, 4) is 0 Å². The molecular formula is C32H40N10O. The highest BCUT2D eigenvalue weighted by Crippen LogP contribution is 2.32. The van der Waals surface area contributed by atoms with Crippen molar-refractivity contribution in [1.29, 1.82) is 0 Å². The topological polar surface area (TPSA) is 111 Å². The Morgan fingerprint density at radius 3 is 2.12 bits per heavy atom. The van der Waals surface area contributed by atoms with E-state index in [0.717, 1.165) is 68.8 Å². The Hall–Kier alpha value is -4.32. The maximum Gasteiger partial charge on any atom is 0.217 e. The van der Waals surface area contributed by atoms with Gasteiger partial charge in [-0.3, -0.25) is 19.9 Å². The van der Waals surface area contributed by atoms with Crippen molar-refractivity contribution < 1.29 is 4.74 Å². The third-order valence-corrected chi connectivity index (χ3v) is 7.90.